The van der Waals surface area contributed by atoms with Crippen LogP contribution < -0.4 is 0 Å². The van der Waals surface area contributed by atoms with E-state index in [1.54, 1.807) is 28.8 Å². The van der Waals surface area contributed by atoms with Gasteiger partial charge in [0.25, 0.3) is 0 Å². The summed E-state index contributed by atoms with van der Waals surface area (Å²) < 4.78 is 66.8. The van der Waals surface area contributed by atoms with Crippen LogP contribution in [0, 0.1) is 0 Å². The number of halogens is 1. The molecule has 1 aliphatic heterocycles. The van der Waals surface area contributed by atoms with Crippen LogP contribution in [0.25, 0.3) is 11.0 Å². The fourth-order valence-electron chi connectivity index (χ4n) is 2.63. The molecule has 0 spiro atoms. The number of benzene rings is 2. The average molecular weight is 334 g/mol. The molecule has 0 N–H and O–H groups in total. The van der Waals surface area contributed by atoms with Crippen molar-refractivity contribution in [2.75, 3.05) is 13.0 Å². The molecule has 2 aromatic carbocycles. The zero-order chi connectivity index (χ0) is 22.8. The summed E-state index contributed by atoms with van der Waals surface area (Å²) in [5.41, 5.74) is 2.27. The van der Waals surface area contributed by atoms with Gasteiger partial charge in [-0.05, 0) is 55.6 Å². The fraction of sp³-hybridized carbons (Fsp3) is 0.316. The molecule has 0 unspecified atom stereocenters. The Balaban J connectivity index is 1.81. The van der Waals surface area contributed by atoms with E-state index >= 15 is 0 Å². The lowest BCUT2D eigenvalue weighted by molar-refractivity contribution is 0.318. The number of para-hydroxylation sites is 2. The zero-order valence-corrected chi connectivity index (χ0v) is 13.0. The van der Waals surface area contributed by atoms with Crippen molar-refractivity contribution in [3.05, 3.63) is 64.9 Å². The molecule has 3 nitrogen and oxygen atoms in total. The Bertz CT molecular complexity index is 1100. The lowest BCUT2D eigenvalue weighted by atomic mass is 10.2. The second-order valence-electron chi connectivity index (χ2n) is 5.29. The van der Waals surface area contributed by atoms with E-state index in [4.69, 9.17) is 22.6 Å². The third-order valence-electron chi connectivity index (χ3n) is 3.73. The van der Waals surface area contributed by atoms with Gasteiger partial charge in [-0.1, -0.05) is 35.9 Å². The molecule has 3 aromatic rings. The highest BCUT2D eigenvalue weighted by Crippen LogP contribution is 2.21. The van der Waals surface area contributed by atoms with Crippen molar-refractivity contribution in [1.29, 1.82) is 0 Å². The van der Waals surface area contributed by atoms with E-state index in [9.17, 15) is 0 Å². The summed E-state index contributed by atoms with van der Waals surface area (Å²) >= 11 is 5.97. The van der Waals surface area contributed by atoms with Gasteiger partial charge in [-0.2, -0.15) is 0 Å². The molecule has 0 saturated carbocycles. The lowest BCUT2D eigenvalue weighted by Gasteiger charge is -2.16. The quantitative estimate of drug-likeness (QED) is 0.708. The Morgan fingerprint density at radius 1 is 1.00 bits per heavy atom. The standard InChI is InChI=1S/C19H20ClN3/c20-16-9-7-15(8-10-16)13-23-18-6-2-1-5-17(18)21-19(23)14-22-11-3-4-12-22/h1-2,5-10H,3-4,11-14H2/i3D2,4D2,11D2,12D2. The minimum absolute atomic E-state index is 0.303. The number of hydrogen-bond donors (Lipinski definition) is 0. The van der Waals surface area contributed by atoms with Crippen LogP contribution in [-0.4, -0.2) is 27.4 Å². The number of likely N-dealkylation sites (tertiary alicyclic amines) is 1. The van der Waals surface area contributed by atoms with Crippen LogP contribution in [0.2, 0.25) is 5.02 Å². The van der Waals surface area contributed by atoms with Crippen LogP contribution in [0.1, 0.15) is 35.1 Å². The number of nitrogens with zero attached hydrogens (tertiary/aromatic N) is 3. The van der Waals surface area contributed by atoms with Gasteiger partial charge < -0.3 is 4.57 Å². The second-order valence-corrected chi connectivity index (χ2v) is 5.73. The Morgan fingerprint density at radius 2 is 1.74 bits per heavy atom. The Kier molecular flexibility index (Phi) is 2.29. The van der Waals surface area contributed by atoms with Gasteiger partial charge in [-0.25, -0.2) is 4.98 Å². The maximum Gasteiger partial charge on any atom is 0.124 e. The van der Waals surface area contributed by atoms with Crippen molar-refractivity contribution in [2.45, 2.75) is 25.8 Å². The maximum atomic E-state index is 8.24. The Morgan fingerprint density at radius 3 is 2.52 bits per heavy atom. The summed E-state index contributed by atoms with van der Waals surface area (Å²) in [6.45, 7) is -5.86. The van der Waals surface area contributed by atoms with E-state index in [0.717, 1.165) is 11.1 Å². The first-order valence-corrected chi connectivity index (χ1v) is 7.65. The number of fused-ring (bicyclic) bond motifs is 1. The molecule has 0 bridgehead atoms. The summed E-state index contributed by atoms with van der Waals surface area (Å²) in [5.74, 6) is 0.303. The molecule has 118 valence electrons. The predicted molar refractivity (Wildman–Crippen MR) is 94.8 cm³/mol. The van der Waals surface area contributed by atoms with Gasteiger partial charge in [0.2, 0.25) is 0 Å². The topological polar surface area (TPSA) is 21.1 Å². The van der Waals surface area contributed by atoms with Crippen molar-refractivity contribution in [2.24, 2.45) is 0 Å². The number of aromatic nitrogens is 2. The molecule has 4 heteroatoms. The monoisotopic (exact) mass is 333 g/mol. The zero-order valence-electron chi connectivity index (χ0n) is 20.3. The van der Waals surface area contributed by atoms with Crippen LogP contribution in [0.4, 0.5) is 0 Å². The van der Waals surface area contributed by atoms with Gasteiger partial charge in [0.1, 0.15) is 5.82 Å². The van der Waals surface area contributed by atoms with E-state index < -0.39 is 32.3 Å². The highest BCUT2D eigenvalue weighted by atomic mass is 35.5. The molecule has 2 heterocycles. The van der Waals surface area contributed by atoms with Gasteiger partial charge in [-0.3, -0.25) is 4.90 Å². The van der Waals surface area contributed by atoms with E-state index in [2.05, 4.69) is 4.98 Å². The SMILES string of the molecule is [2H]C1([2H])N(Cc2nc3ccccc3n2Cc2ccc(Cl)cc2)C([2H])([2H])C([2H])([2H])C1([2H])[2H]. The summed E-state index contributed by atoms with van der Waals surface area (Å²) in [6, 6.07) is 14.4. The Labute approximate surface area is 152 Å². The number of rotatable bonds is 4. The third kappa shape index (κ3) is 3.12. The van der Waals surface area contributed by atoms with E-state index in [1.807, 2.05) is 24.3 Å². The van der Waals surface area contributed by atoms with Crippen molar-refractivity contribution in [3.63, 3.8) is 0 Å². The maximum absolute atomic E-state index is 8.24. The first kappa shape index (κ1) is 8.32. The largest absolute Gasteiger partial charge is 0.322 e. The molecule has 4 rings (SSSR count). The van der Waals surface area contributed by atoms with Crippen molar-refractivity contribution >= 4 is 22.6 Å². The predicted octanol–water partition coefficient (Wildman–Crippen LogP) is 4.33. The summed E-state index contributed by atoms with van der Waals surface area (Å²) in [4.78, 5) is 5.13. The van der Waals surface area contributed by atoms with E-state index in [-0.39, 0.29) is 0 Å². The Hall–Kier alpha value is -1.84. The van der Waals surface area contributed by atoms with Crippen LogP contribution in [0.5, 0.6) is 0 Å². The normalized spacial score (nSPS) is 29.4. The number of hydrogen-bond acceptors (Lipinski definition) is 2. The van der Waals surface area contributed by atoms with Crippen molar-refractivity contribution in [1.82, 2.24) is 14.5 Å². The molecule has 0 atom stereocenters. The minimum atomic E-state index is -3.07. The summed E-state index contributed by atoms with van der Waals surface area (Å²) in [6.07, 6.45) is -6.15. The average Bonchev–Trinajstić information content (AvgIpc) is 3.06. The second kappa shape index (κ2) is 6.34. The summed E-state index contributed by atoms with van der Waals surface area (Å²) in [7, 11) is 0. The first-order valence-electron chi connectivity index (χ1n) is 11.3. The molecule has 1 aliphatic rings. The van der Waals surface area contributed by atoms with E-state index in [1.165, 1.54) is 0 Å². The molecular weight excluding hydrogens is 306 g/mol. The van der Waals surface area contributed by atoms with Gasteiger partial charge in [0.15, 0.2) is 0 Å². The highest BCUT2D eigenvalue weighted by Gasteiger charge is 2.17. The molecule has 23 heavy (non-hydrogen) atoms. The minimum Gasteiger partial charge on any atom is -0.322 e. The molecule has 0 amide bonds. The van der Waals surface area contributed by atoms with Crippen LogP contribution in [0.3, 0.4) is 0 Å². The van der Waals surface area contributed by atoms with E-state index in [0.29, 0.717) is 27.8 Å². The van der Waals surface area contributed by atoms with Crippen LogP contribution >= 0.6 is 11.6 Å². The van der Waals surface area contributed by atoms with Crippen molar-refractivity contribution in [3.8, 4) is 0 Å². The lowest BCUT2D eigenvalue weighted by Crippen LogP contribution is -2.21. The van der Waals surface area contributed by atoms with Gasteiger partial charge in [0, 0.05) is 22.5 Å². The van der Waals surface area contributed by atoms with Gasteiger partial charge >= 0.3 is 0 Å². The third-order valence-corrected chi connectivity index (χ3v) is 3.98. The fourth-order valence-corrected chi connectivity index (χ4v) is 2.76. The molecular formula is C19H20ClN3. The van der Waals surface area contributed by atoms with Gasteiger partial charge in [0.05, 0.1) is 17.6 Å². The van der Waals surface area contributed by atoms with Crippen LogP contribution in [-0.2, 0) is 13.1 Å². The molecule has 0 radical (unpaired) electrons. The molecule has 1 saturated heterocycles. The number of imidazole rings is 1. The molecule has 1 fully saturated rings. The van der Waals surface area contributed by atoms with Crippen molar-refractivity contribution < 1.29 is 11.0 Å². The molecule has 0 aliphatic carbocycles. The summed E-state index contributed by atoms with van der Waals surface area (Å²) in [5, 5.41) is 0.586. The first-order chi connectivity index (χ1) is 14.3. The molecule has 1 aromatic heterocycles. The smallest absolute Gasteiger partial charge is 0.124 e. The highest BCUT2D eigenvalue weighted by molar-refractivity contribution is 6.30. The van der Waals surface area contributed by atoms with Gasteiger partial charge in [-0.15, -0.1) is 0 Å². The van der Waals surface area contributed by atoms with Crippen LogP contribution in [0.15, 0.2) is 48.5 Å².